The lowest BCUT2D eigenvalue weighted by Gasteiger charge is -2.02. The molecule has 2 heterocycles. The Labute approximate surface area is 102 Å². The number of rotatable bonds is 4. The van der Waals surface area contributed by atoms with Crippen LogP contribution in [-0.4, -0.2) is 26.0 Å². The highest BCUT2D eigenvalue weighted by molar-refractivity contribution is 5.67. The second kappa shape index (κ2) is 5.22. The summed E-state index contributed by atoms with van der Waals surface area (Å²) in [7, 11) is 0. The van der Waals surface area contributed by atoms with Crippen LogP contribution in [0.2, 0.25) is 0 Å². The zero-order chi connectivity index (χ0) is 13.0. The molecule has 0 saturated heterocycles. The molecule has 2 aromatic rings. The fraction of sp³-hybridized carbons (Fsp3) is 0.167. The molecule has 92 valence electrons. The predicted octanol–water partition coefficient (Wildman–Crippen LogP) is 0.849. The molecule has 0 atom stereocenters. The SMILES string of the molecule is O=C(O)CCc1cnc(-c2ccncc2)[nH]c1=O. The van der Waals surface area contributed by atoms with Gasteiger partial charge in [0.05, 0.1) is 0 Å². The number of pyridine rings is 1. The summed E-state index contributed by atoms with van der Waals surface area (Å²) in [4.78, 5) is 32.8. The van der Waals surface area contributed by atoms with Crippen LogP contribution in [0, 0.1) is 0 Å². The van der Waals surface area contributed by atoms with Crippen LogP contribution in [-0.2, 0) is 11.2 Å². The van der Waals surface area contributed by atoms with E-state index in [2.05, 4.69) is 15.0 Å². The maximum Gasteiger partial charge on any atom is 0.303 e. The first-order valence-corrected chi connectivity index (χ1v) is 5.37. The number of carboxylic acids is 1. The third kappa shape index (κ3) is 2.79. The summed E-state index contributed by atoms with van der Waals surface area (Å²) < 4.78 is 0. The van der Waals surface area contributed by atoms with Gasteiger partial charge in [-0.15, -0.1) is 0 Å². The minimum Gasteiger partial charge on any atom is -0.481 e. The van der Waals surface area contributed by atoms with Crippen LogP contribution in [0.3, 0.4) is 0 Å². The Balaban J connectivity index is 2.25. The highest BCUT2D eigenvalue weighted by Crippen LogP contribution is 2.10. The molecule has 18 heavy (non-hydrogen) atoms. The lowest BCUT2D eigenvalue weighted by Crippen LogP contribution is -2.15. The molecule has 0 amide bonds. The monoisotopic (exact) mass is 245 g/mol. The second-order valence-corrected chi connectivity index (χ2v) is 3.72. The minimum atomic E-state index is -0.937. The number of nitrogens with zero attached hydrogens (tertiary/aromatic N) is 2. The van der Waals surface area contributed by atoms with Crippen molar-refractivity contribution in [2.24, 2.45) is 0 Å². The Morgan fingerprint density at radius 3 is 2.67 bits per heavy atom. The van der Waals surface area contributed by atoms with Crippen molar-refractivity contribution in [2.45, 2.75) is 12.8 Å². The van der Waals surface area contributed by atoms with E-state index in [-0.39, 0.29) is 18.4 Å². The van der Waals surface area contributed by atoms with Gasteiger partial charge in [-0.05, 0) is 18.6 Å². The van der Waals surface area contributed by atoms with E-state index < -0.39 is 5.97 Å². The molecule has 0 bridgehead atoms. The van der Waals surface area contributed by atoms with Gasteiger partial charge < -0.3 is 10.1 Å². The largest absolute Gasteiger partial charge is 0.481 e. The predicted molar refractivity (Wildman–Crippen MR) is 64.0 cm³/mol. The molecule has 0 aromatic carbocycles. The van der Waals surface area contributed by atoms with Crippen LogP contribution in [0.1, 0.15) is 12.0 Å². The number of aliphatic carboxylic acids is 1. The number of hydrogen-bond donors (Lipinski definition) is 2. The van der Waals surface area contributed by atoms with Gasteiger partial charge in [0, 0.05) is 36.1 Å². The first-order chi connectivity index (χ1) is 8.66. The number of H-pyrrole nitrogens is 1. The number of aromatic amines is 1. The molecule has 0 fully saturated rings. The van der Waals surface area contributed by atoms with Crippen molar-refractivity contribution in [3.63, 3.8) is 0 Å². The number of carbonyl (C=O) groups is 1. The van der Waals surface area contributed by atoms with Gasteiger partial charge in [-0.2, -0.15) is 0 Å². The van der Waals surface area contributed by atoms with Crippen molar-refractivity contribution in [3.05, 3.63) is 46.6 Å². The Kier molecular flexibility index (Phi) is 3.47. The zero-order valence-electron chi connectivity index (χ0n) is 9.46. The standard InChI is InChI=1S/C12H11N3O3/c16-10(17)2-1-9-7-14-11(15-12(9)18)8-3-5-13-6-4-8/h3-7H,1-2H2,(H,16,17)(H,14,15,18). The molecule has 2 aromatic heterocycles. The smallest absolute Gasteiger partial charge is 0.303 e. The Morgan fingerprint density at radius 1 is 1.33 bits per heavy atom. The quantitative estimate of drug-likeness (QED) is 0.832. The normalized spacial score (nSPS) is 10.2. The van der Waals surface area contributed by atoms with Crippen molar-refractivity contribution in [1.82, 2.24) is 15.0 Å². The molecule has 0 aliphatic carbocycles. The van der Waals surface area contributed by atoms with E-state index in [9.17, 15) is 9.59 Å². The summed E-state index contributed by atoms with van der Waals surface area (Å²) in [6.07, 6.45) is 4.71. The van der Waals surface area contributed by atoms with Crippen LogP contribution in [0.5, 0.6) is 0 Å². The Morgan fingerprint density at radius 2 is 2.06 bits per heavy atom. The molecule has 0 saturated carbocycles. The highest BCUT2D eigenvalue weighted by atomic mass is 16.4. The van der Waals surface area contributed by atoms with Crippen LogP contribution in [0.25, 0.3) is 11.4 Å². The van der Waals surface area contributed by atoms with Gasteiger partial charge in [-0.1, -0.05) is 0 Å². The van der Waals surface area contributed by atoms with Gasteiger partial charge in [0.25, 0.3) is 5.56 Å². The molecule has 0 spiro atoms. The molecule has 6 nitrogen and oxygen atoms in total. The molecular weight excluding hydrogens is 234 g/mol. The van der Waals surface area contributed by atoms with Crippen LogP contribution in [0.4, 0.5) is 0 Å². The first-order valence-electron chi connectivity index (χ1n) is 5.37. The molecular formula is C12H11N3O3. The van der Waals surface area contributed by atoms with E-state index in [1.54, 1.807) is 24.5 Å². The van der Waals surface area contributed by atoms with Crippen molar-refractivity contribution in [2.75, 3.05) is 0 Å². The number of hydrogen-bond acceptors (Lipinski definition) is 4. The fourth-order valence-corrected chi connectivity index (χ4v) is 1.50. The fourth-order valence-electron chi connectivity index (χ4n) is 1.50. The molecule has 2 rings (SSSR count). The molecule has 6 heteroatoms. The van der Waals surface area contributed by atoms with Gasteiger partial charge in [0.2, 0.25) is 0 Å². The number of aryl methyl sites for hydroxylation is 1. The molecule has 2 N–H and O–H groups in total. The van der Waals surface area contributed by atoms with Crippen molar-refractivity contribution >= 4 is 5.97 Å². The summed E-state index contributed by atoms with van der Waals surface area (Å²) >= 11 is 0. The van der Waals surface area contributed by atoms with Crippen molar-refractivity contribution in [3.8, 4) is 11.4 Å². The van der Waals surface area contributed by atoms with E-state index in [0.29, 0.717) is 11.4 Å². The Bertz CT molecular complexity index is 607. The topological polar surface area (TPSA) is 95.9 Å². The Hall–Kier alpha value is -2.50. The van der Waals surface area contributed by atoms with E-state index in [0.717, 1.165) is 5.56 Å². The van der Waals surface area contributed by atoms with Crippen LogP contribution in [0.15, 0.2) is 35.5 Å². The van der Waals surface area contributed by atoms with Gasteiger partial charge in [0.1, 0.15) is 5.82 Å². The van der Waals surface area contributed by atoms with Gasteiger partial charge in [-0.25, -0.2) is 4.98 Å². The van der Waals surface area contributed by atoms with E-state index in [1.165, 1.54) is 6.20 Å². The van der Waals surface area contributed by atoms with E-state index in [4.69, 9.17) is 5.11 Å². The van der Waals surface area contributed by atoms with Crippen LogP contribution >= 0.6 is 0 Å². The molecule has 0 radical (unpaired) electrons. The third-order valence-electron chi connectivity index (χ3n) is 2.44. The van der Waals surface area contributed by atoms with Gasteiger partial charge >= 0.3 is 5.97 Å². The van der Waals surface area contributed by atoms with Gasteiger partial charge in [0.15, 0.2) is 0 Å². The third-order valence-corrected chi connectivity index (χ3v) is 2.44. The maximum absolute atomic E-state index is 11.7. The number of aromatic nitrogens is 3. The average Bonchev–Trinajstić information content (AvgIpc) is 2.38. The zero-order valence-corrected chi connectivity index (χ0v) is 9.46. The highest BCUT2D eigenvalue weighted by Gasteiger charge is 2.06. The van der Waals surface area contributed by atoms with Gasteiger partial charge in [-0.3, -0.25) is 14.6 Å². The van der Waals surface area contributed by atoms with Crippen LogP contribution < -0.4 is 5.56 Å². The summed E-state index contributed by atoms with van der Waals surface area (Å²) in [5, 5.41) is 8.56. The summed E-state index contributed by atoms with van der Waals surface area (Å²) in [6.45, 7) is 0. The first kappa shape index (κ1) is 12.0. The lowest BCUT2D eigenvalue weighted by molar-refractivity contribution is -0.136. The number of nitrogens with one attached hydrogen (secondary N) is 1. The van der Waals surface area contributed by atoms with E-state index >= 15 is 0 Å². The maximum atomic E-state index is 11.7. The molecule has 0 aliphatic rings. The average molecular weight is 245 g/mol. The number of carboxylic acid groups (broad SMARTS) is 1. The minimum absolute atomic E-state index is 0.0840. The summed E-state index contributed by atoms with van der Waals surface area (Å²) in [6, 6.07) is 3.46. The van der Waals surface area contributed by atoms with Crippen molar-refractivity contribution in [1.29, 1.82) is 0 Å². The second-order valence-electron chi connectivity index (χ2n) is 3.72. The summed E-state index contributed by atoms with van der Waals surface area (Å²) in [5.41, 5.74) is 0.820. The van der Waals surface area contributed by atoms with Crippen molar-refractivity contribution < 1.29 is 9.90 Å². The van der Waals surface area contributed by atoms with E-state index in [1.807, 2.05) is 0 Å². The molecule has 0 unspecified atom stereocenters. The summed E-state index contributed by atoms with van der Waals surface area (Å²) in [5.74, 6) is -0.492. The lowest BCUT2D eigenvalue weighted by atomic mass is 10.2. The molecule has 0 aliphatic heterocycles.